The highest BCUT2D eigenvalue weighted by atomic mass is 79.9. The number of aromatic nitrogens is 5. The summed E-state index contributed by atoms with van der Waals surface area (Å²) in [5, 5.41) is 0. The van der Waals surface area contributed by atoms with E-state index in [0.29, 0.717) is 30.7 Å². The van der Waals surface area contributed by atoms with E-state index in [1.165, 1.54) is 0 Å². The molecule has 28 heavy (non-hydrogen) atoms. The fourth-order valence-electron chi connectivity index (χ4n) is 2.98. The smallest absolute Gasteiger partial charge is 0.214 e. The van der Waals surface area contributed by atoms with Crippen molar-refractivity contribution < 1.29 is 4.74 Å². The van der Waals surface area contributed by atoms with Gasteiger partial charge in [0, 0.05) is 11.6 Å². The van der Waals surface area contributed by atoms with Gasteiger partial charge in [0.05, 0.1) is 12.2 Å². The van der Waals surface area contributed by atoms with E-state index in [1.807, 2.05) is 41.8 Å². The highest BCUT2D eigenvalue weighted by Gasteiger charge is 2.12. The molecular formula is C19H18BrN7O. The van der Waals surface area contributed by atoms with Gasteiger partial charge in [-0.25, -0.2) is 19.9 Å². The molecule has 0 atom stereocenters. The minimum Gasteiger partial charge on any atom is -0.476 e. The third kappa shape index (κ3) is 3.74. The Morgan fingerprint density at radius 3 is 2.54 bits per heavy atom. The van der Waals surface area contributed by atoms with Crippen molar-refractivity contribution in [2.75, 3.05) is 18.1 Å². The molecule has 0 aliphatic carbocycles. The van der Waals surface area contributed by atoms with Crippen LogP contribution in [-0.2, 0) is 6.54 Å². The van der Waals surface area contributed by atoms with Crippen molar-refractivity contribution in [1.29, 1.82) is 0 Å². The number of hydrogen-bond donors (Lipinski definition) is 2. The van der Waals surface area contributed by atoms with E-state index >= 15 is 0 Å². The second-order valence-electron chi connectivity index (χ2n) is 6.20. The van der Waals surface area contributed by atoms with Crippen molar-refractivity contribution in [2.45, 2.75) is 13.5 Å². The summed E-state index contributed by atoms with van der Waals surface area (Å²) in [7, 11) is 0. The standard InChI is InChI=1S/C19H18BrN7O/c1-11-23-14-6-5-13(12-9-16(21)26-17(22)10-12)24-19(14)27(11)7-8-28-18-4-2-3-15(20)25-18/h2-6,9-10H,7-8H2,1H3,(H4,21,22,26). The minimum atomic E-state index is 0.358. The molecule has 0 saturated carbocycles. The first-order valence-corrected chi connectivity index (χ1v) is 9.41. The summed E-state index contributed by atoms with van der Waals surface area (Å²) in [5.74, 6) is 2.14. The lowest BCUT2D eigenvalue weighted by Crippen LogP contribution is -2.10. The lowest BCUT2D eigenvalue weighted by atomic mass is 10.1. The fourth-order valence-corrected chi connectivity index (χ4v) is 3.30. The van der Waals surface area contributed by atoms with Gasteiger partial charge in [-0.2, -0.15) is 0 Å². The van der Waals surface area contributed by atoms with Gasteiger partial charge in [0.2, 0.25) is 5.88 Å². The zero-order chi connectivity index (χ0) is 19.7. The maximum atomic E-state index is 5.81. The van der Waals surface area contributed by atoms with Gasteiger partial charge >= 0.3 is 0 Å². The number of hydrogen-bond acceptors (Lipinski definition) is 7. The molecule has 4 rings (SSSR count). The van der Waals surface area contributed by atoms with Crippen LogP contribution in [0.25, 0.3) is 22.4 Å². The number of halogens is 1. The molecule has 0 aromatic carbocycles. The molecule has 4 N–H and O–H groups in total. The van der Waals surface area contributed by atoms with Crippen LogP contribution in [0.4, 0.5) is 11.6 Å². The summed E-state index contributed by atoms with van der Waals surface area (Å²) in [6, 6.07) is 12.9. The zero-order valence-corrected chi connectivity index (χ0v) is 16.7. The highest BCUT2D eigenvalue weighted by Crippen LogP contribution is 2.24. The zero-order valence-electron chi connectivity index (χ0n) is 15.1. The number of pyridine rings is 3. The van der Waals surface area contributed by atoms with E-state index in [1.54, 1.807) is 12.1 Å². The van der Waals surface area contributed by atoms with Gasteiger partial charge in [-0.1, -0.05) is 6.07 Å². The number of nitrogen functional groups attached to an aromatic ring is 2. The molecule has 0 radical (unpaired) electrons. The number of ether oxygens (including phenoxy) is 1. The third-order valence-corrected chi connectivity index (χ3v) is 4.64. The molecule has 9 heteroatoms. The number of nitrogens with zero attached hydrogens (tertiary/aromatic N) is 5. The molecule has 0 bridgehead atoms. The van der Waals surface area contributed by atoms with E-state index in [2.05, 4.69) is 30.9 Å². The first-order chi connectivity index (χ1) is 13.5. The number of fused-ring (bicyclic) bond motifs is 1. The number of anilines is 2. The molecule has 0 fully saturated rings. The predicted octanol–water partition coefficient (Wildman–Crippen LogP) is 3.20. The quantitative estimate of drug-likeness (QED) is 0.458. The van der Waals surface area contributed by atoms with Gasteiger partial charge in [0.15, 0.2) is 5.65 Å². The Hall–Kier alpha value is -3.20. The van der Waals surface area contributed by atoms with Gasteiger partial charge in [-0.3, -0.25) is 0 Å². The molecular weight excluding hydrogens is 422 g/mol. The molecule has 0 aliphatic heterocycles. The van der Waals surface area contributed by atoms with E-state index in [4.69, 9.17) is 21.2 Å². The average Bonchev–Trinajstić information content (AvgIpc) is 2.96. The van der Waals surface area contributed by atoms with Crippen LogP contribution in [0.5, 0.6) is 5.88 Å². The van der Waals surface area contributed by atoms with Crippen LogP contribution in [0.1, 0.15) is 5.82 Å². The van der Waals surface area contributed by atoms with Crippen molar-refractivity contribution in [3.63, 3.8) is 0 Å². The van der Waals surface area contributed by atoms with E-state index in [9.17, 15) is 0 Å². The van der Waals surface area contributed by atoms with Gasteiger partial charge in [0.25, 0.3) is 0 Å². The third-order valence-electron chi connectivity index (χ3n) is 4.20. The van der Waals surface area contributed by atoms with Gasteiger partial charge in [-0.05, 0) is 53.2 Å². The largest absolute Gasteiger partial charge is 0.476 e. The van der Waals surface area contributed by atoms with Crippen molar-refractivity contribution in [3.05, 3.63) is 52.9 Å². The van der Waals surface area contributed by atoms with Gasteiger partial charge in [0.1, 0.15) is 34.2 Å². The van der Waals surface area contributed by atoms with Crippen molar-refractivity contribution in [1.82, 2.24) is 24.5 Å². The number of aryl methyl sites for hydroxylation is 1. The molecule has 142 valence electrons. The number of nitrogens with two attached hydrogens (primary N) is 2. The van der Waals surface area contributed by atoms with E-state index in [0.717, 1.165) is 32.8 Å². The normalized spacial score (nSPS) is 11.1. The molecule has 4 heterocycles. The minimum absolute atomic E-state index is 0.358. The second-order valence-corrected chi connectivity index (χ2v) is 7.01. The highest BCUT2D eigenvalue weighted by molar-refractivity contribution is 9.10. The molecule has 0 amide bonds. The summed E-state index contributed by atoms with van der Waals surface area (Å²) in [6.45, 7) is 2.98. The second kappa shape index (κ2) is 7.43. The molecule has 4 aromatic rings. The number of imidazole rings is 1. The Balaban J connectivity index is 1.62. The van der Waals surface area contributed by atoms with Crippen LogP contribution in [-0.4, -0.2) is 31.1 Å². The summed E-state index contributed by atoms with van der Waals surface area (Å²) >= 11 is 3.34. The summed E-state index contributed by atoms with van der Waals surface area (Å²) < 4.78 is 8.50. The maximum absolute atomic E-state index is 5.81. The van der Waals surface area contributed by atoms with Crippen molar-refractivity contribution >= 4 is 38.7 Å². The first kappa shape index (κ1) is 18.2. The Morgan fingerprint density at radius 1 is 1.00 bits per heavy atom. The molecule has 0 saturated heterocycles. The van der Waals surface area contributed by atoms with Crippen LogP contribution in [0.15, 0.2) is 47.1 Å². The van der Waals surface area contributed by atoms with Crippen LogP contribution < -0.4 is 16.2 Å². The molecule has 8 nitrogen and oxygen atoms in total. The fraction of sp³-hybridized carbons (Fsp3) is 0.158. The van der Waals surface area contributed by atoms with Crippen molar-refractivity contribution in [3.8, 4) is 17.1 Å². The molecule has 0 spiro atoms. The molecule has 4 aromatic heterocycles. The van der Waals surface area contributed by atoms with Gasteiger partial charge in [-0.15, -0.1) is 0 Å². The lowest BCUT2D eigenvalue weighted by molar-refractivity contribution is 0.287. The summed E-state index contributed by atoms with van der Waals surface area (Å²) in [4.78, 5) is 17.6. The summed E-state index contributed by atoms with van der Waals surface area (Å²) in [6.07, 6.45) is 0. The van der Waals surface area contributed by atoms with Crippen LogP contribution in [0, 0.1) is 6.92 Å². The average molecular weight is 440 g/mol. The van der Waals surface area contributed by atoms with E-state index < -0.39 is 0 Å². The number of rotatable bonds is 5. The Kier molecular flexibility index (Phi) is 4.82. The van der Waals surface area contributed by atoms with Crippen LogP contribution >= 0.6 is 15.9 Å². The Labute approximate surface area is 169 Å². The van der Waals surface area contributed by atoms with Crippen LogP contribution in [0.3, 0.4) is 0 Å². The maximum Gasteiger partial charge on any atom is 0.214 e. The van der Waals surface area contributed by atoms with Crippen LogP contribution in [0.2, 0.25) is 0 Å². The molecule has 0 aliphatic rings. The van der Waals surface area contributed by atoms with Crippen molar-refractivity contribution in [2.24, 2.45) is 0 Å². The molecule has 0 unspecified atom stereocenters. The van der Waals surface area contributed by atoms with E-state index in [-0.39, 0.29) is 0 Å². The monoisotopic (exact) mass is 439 g/mol. The first-order valence-electron chi connectivity index (χ1n) is 8.62. The topological polar surface area (TPSA) is 118 Å². The predicted molar refractivity (Wildman–Crippen MR) is 112 cm³/mol. The SMILES string of the molecule is Cc1nc2ccc(-c3cc(N)nc(N)c3)nc2n1CCOc1cccc(Br)n1. The van der Waals surface area contributed by atoms with Gasteiger partial charge < -0.3 is 20.8 Å². The summed E-state index contributed by atoms with van der Waals surface area (Å²) in [5.41, 5.74) is 14.8. The Bertz CT molecular complexity index is 1140. The lowest BCUT2D eigenvalue weighted by Gasteiger charge is -2.09. The Morgan fingerprint density at radius 2 is 1.79 bits per heavy atom.